The topological polar surface area (TPSA) is 42.3 Å². The van der Waals surface area contributed by atoms with Crippen LogP contribution < -0.4 is 0 Å². The van der Waals surface area contributed by atoms with E-state index in [4.69, 9.17) is 14.9 Å². The molecule has 2 saturated carbocycles. The molecule has 3 nitrogen and oxygen atoms in total. The molecule has 3 heteroatoms. The molecule has 0 aromatic carbocycles. The van der Waals surface area contributed by atoms with E-state index in [9.17, 15) is 0 Å². The smallest absolute Gasteiger partial charge is 0.168 e. The molecule has 78 valence electrons. The van der Waals surface area contributed by atoms with Crippen molar-refractivity contribution in [1.29, 1.82) is 5.41 Å². The quantitative estimate of drug-likeness (QED) is 0.643. The molecule has 1 aliphatic heterocycles. The second kappa shape index (κ2) is 2.80. The molecule has 2 aliphatic carbocycles. The third-order valence-electron chi connectivity index (χ3n) is 4.06. The summed E-state index contributed by atoms with van der Waals surface area (Å²) >= 11 is 0. The van der Waals surface area contributed by atoms with Gasteiger partial charge in [-0.1, -0.05) is 0 Å². The lowest BCUT2D eigenvalue weighted by Crippen LogP contribution is -2.46. The molecule has 1 N–H and O–H groups in total. The van der Waals surface area contributed by atoms with E-state index in [2.05, 4.69) is 0 Å². The van der Waals surface area contributed by atoms with Crippen molar-refractivity contribution in [1.82, 2.24) is 0 Å². The number of hydrogen-bond acceptors (Lipinski definition) is 3. The molecular weight excluding hydrogens is 178 g/mol. The summed E-state index contributed by atoms with van der Waals surface area (Å²) in [5, 5.41) is 7.53. The first-order valence-electron chi connectivity index (χ1n) is 5.56. The Hall–Kier alpha value is -0.410. The van der Waals surface area contributed by atoms with E-state index in [1.165, 1.54) is 12.8 Å². The van der Waals surface area contributed by atoms with Gasteiger partial charge >= 0.3 is 0 Å². The maximum absolute atomic E-state index is 7.53. The predicted molar refractivity (Wildman–Crippen MR) is 52.5 cm³/mol. The van der Waals surface area contributed by atoms with Crippen molar-refractivity contribution in [2.75, 3.05) is 13.2 Å². The highest BCUT2D eigenvalue weighted by Crippen LogP contribution is 2.53. The van der Waals surface area contributed by atoms with E-state index < -0.39 is 0 Å². The number of nitrogens with one attached hydrogen (secondary N) is 1. The Bertz CT molecular complexity index is 248. The van der Waals surface area contributed by atoms with Gasteiger partial charge in [-0.15, -0.1) is 0 Å². The van der Waals surface area contributed by atoms with Gasteiger partial charge in [-0.25, -0.2) is 0 Å². The zero-order valence-electron chi connectivity index (χ0n) is 8.47. The van der Waals surface area contributed by atoms with E-state index in [0.29, 0.717) is 5.41 Å². The van der Waals surface area contributed by atoms with Crippen LogP contribution in [0.2, 0.25) is 0 Å². The maximum atomic E-state index is 7.53. The van der Waals surface area contributed by atoms with Gasteiger partial charge in [0.25, 0.3) is 0 Å². The fourth-order valence-electron chi connectivity index (χ4n) is 3.15. The van der Waals surface area contributed by atoms with Crippen molar-refractivity contribution >= 4 is 5.71 Å². The molecule has 0 radical (unpaired) electrons. The van der Waals surface area contributed by atoms with Crippen LogP contribution >= 0.6 is 0 Å². The summed E-state index contributed by atoms with van der Waals surface area (Å²) in [6.45, 7) is 1.53. The summed E-state index contributed by atoms with van der Waals surface area (Å²) in [5.74, 6) is -0.219. The first-order chi connectivity index (χ1) is 6.72. The van der Waals surface area contributed by atoms with Crippen molar-refractivity contribution in [2.24, 2.45) is 5.41 Å². The normalized spacial score (nSPS) is 33.6. The Kier molecular flexibility index (Phi) is 1.77. The molecule has 14 heavy (non-hydrogen) atoms. The van der Waals surface area contributed by atoms with Gasteiger partial charge in [0.2, 0.25) is 0 Å². The van der Waals surface area contributed by atoms with Gasteiger partial charge in [-0.2, -0.15) is 0 Å². The molecule has 1 saturated heterocycles. The summed E-state index contributed by atoms with van der Waals surface area (Å²) in [4.78, 5) is 0. The van der Waals surface area contributed by atoms with Gasteiger partial charge in [0.1, 0.15) is 0 Å². The maximum Gasteiger partial charge on any atom is 0.168 e. The van der Waals surface area contributed by atoms with Crippen LogP contribution in [0.5, 0.6) is 0 Å². The van der Waals surface area contributed by atoms with Crippen LogP contribution in [0, 0.1) is 10.8 Å². The molecule has 0 amide bonds. The van der Waals surface area contributed by atoms with E-state index in [1.54, 1.807) is 0 Å². The SMILES string of the molecule is N=C1CC2(CCC3(CC2)OCCO3)C1. The molecule has 2 spiro atoms. The van der Waals surface area contributed by atoms with E-state index in [0.717, 1.165) is 44.6 Å². The Morgan fingerprint density at radius 3 is 2.00 bits per heavy atom. The molecule has 0 bridgehead atoms. The first kappa shape index (κ1) is 8.86. The van der Waals surface area contributed by atoms with Crippen LogP contribution in [0.3, 0.4) is 0 Å². The molecule has 0 unspecified atom stereocenters. The second-order valence-electron chi connectivity index (χ2n) is 5.06. The van der Waals surface area contributed by atoms with Crippen molar-refractivity contribution in [3.05, 3.63) is 0 Å². The molecule has 3 aliphatic rings. The second-order valence-corrected chi connectivity index (χ2v) is 5.06. The lowest BCUT2D eigenvalue weighted by Gasteiger charge is -2.49. The van der Waals surface area contributed by atoms with Crippen LogP contribution in [0.4, 0.5) is 0 Å². The Balaban J connectivity index is 1.64. The monoisotopic (exact) mass is 195 g/mol. The van der Waals surface area contributed by atoms with Crippen molar-refractivity contribution < 1.29 is 9.47 Å². The summed E-state index contributed by atoms with van der Waals surface area (Å²) in [5.41, 5.74) is 1.41. The molecule has 0 aromatic heterocycles. The minimum atomic E-state index is -0.219. The molecule has 3 fully saturated rings. The molecule has 3 rings (SSSR count). The van der Waals surface area contributed by atoms with Gasteiger partial charge in [0.05, 0.1) is 13.2 Å². The van der Waals surface area contributed by atoms with Gasteiger partial charge in [0.15, 0.2) is 5.79 Å². The number of ether oxygens (including phenoxy) is 2. The predicted octanol–water partition coefficient (Wildman–Crippen LogP) is 2.10. The Morgan fingerprint density at radius 2 is 1.50 bits per heavy atom. The van der Waals surface area contributed by atoms with Gasteiger partial charge in [0, 0.05) is 18.6 Å². The molecular formula is C11H17NO2. The minimum absolute atomic E-state index is 0.219. The van der Waals surface area contributed by atoms with Crippen molar-refractivity contribution in [3.8, 4) is 0 Å². The third kappa shape index (κ3) is 1.22. The Labute approximate surface area is 84.3 Å². The van der Waals surface area contributed by atoms with E-state index in [-0.39, 0.29) is 5.79 Å². The van der Waals surface area contributed by atoms with Crippen LogP contribution in [-0.2, 0) is 9.47 Å². The first-order valence-corrected chi connectivity index (χ1v) is 5.56. The fraction of sp³-hybridized carbons (Fsp3) is 0.909. The van der Waals surface area contributed by atoms with Crippen molar-refractivity contribution in [3.63, 3.8) is 0 Å². The molecule has 0 aromatic rings. The van der Waals surface area contributed by atoms with Gasteiger partial charge < -0.3 is 14.9 Å². The van der Waals surface area contributed by atoms with Crippen LogP contribution in [0.25, 0.3) is 0 Å². The average Bonchev–Trinajstić information content (AvgIpc) is 2.57. The van der Waals surface area contributed by atoms with E-state index >= 15 is 0 Å². The van der Waals surface area contributed by atoms with Gasteiger partial charge in [-0.05, 0) is 31.1 Å². The highest BCUT2D eigenvalue weighted by Gasteiger charge is 2.50. The van der Waals surface area contributed by atoms with Gasteiger partial charge in [-0.3, -0.25) is 0 Å². The molecule has 0 atom stereocenters. The van der Waals surface area contributed by atoms with Crippen molar-refractivity contribution in [2.45, 2.75) is 44.3 Å². The number of rotatable bonds is 0. The average molecular weight is 195 g/mol. The zero-order chi connectivity index (χ0) is 9.65. The summed E-state index contributed by atoms with van der Waals surface area (Å²) in [6, 6.07) is 0. The van der Waals surface area contributed by atoms with Crippen LogP contribution in [0.15, 0.2) is 0 Å². The lowest BCUT2D eigenvalue weighted by atomic mass is 9.59. The summed E-state index contributed by atoms with van der Waals surface area (Å²) in [6.07, 6.45) is 6.53. The summed E-state index contributed by atoms with van der Waals surface area (Å²) < 4.78 is 11.4. The minimum Gasteiger partial charge on any atom is -0.348 e. The fourth-order valence-corrected chi connectivity index (χ4v) is 3.15. The Morgan fingerprint density at radius 1 is 0.929 bits per heavy atom. The third-order valence-corrected chi connectivity index (χ3v) is 4.06. The highest BCUT2D eigenvalue weighted by atomic mass is 16.7. The van der Waals surface area contributed by atoms with Crippen LogP contribution in [-0.4, -0.2) is 24.7 Å². The zero-order valence-corrected chi connectivity index (χ0v) is 8.47. The largest absolute Gasteiger partial charge is 0.348 e. The van der Waals surface area contributed by atoms with E-state index in [1.807, 2.05) is 0 Å². The summed E-state index contributed by atoms with van der Waals surface area (Å²) in [7, 11) is 0. The lowest BCUT2D eigenvalue weighted by molar-refractivity contribution is -0.192. The highest BCUT2D eigenvalue weighted by molar-refractivity contribution is 5.88. The number of hydrogen-bond donors (Lipinski definition) is 1. The standard InChI is InChI=1S/C11H17NO2/c12-9-7-10(8-9)1-3-11(4-2-10)13-5-6-14-11/h12H,1-8H2. The van der Waals surface area contributed by atoms with Crippen LogP contribution in [0.1, 0.15) is 38.5 Å². The molecule has 1 heterocycles.